The molecule has 2 N–H and O–H groups in total. The molecule has 0 aliphatic rings. The predicted octanol–water partition coefficient (Wildman–Crippen LogP) is 5.95. The highest BCUT2D eigenvalue weighted by molar-refractivity contribution is 5.91. The van der Waals surface area contributed by atoms with Crippen LogP contribution in [0, 0.1) is 0 Å². The molecule has 3 aromatic carbocycles. The van der Waals surface area contributed by atoms with Crippen molar-refractivity contribution in [2.24, 2.45) is 0 Å². The fourth-order valence-electron chi connectivity index (χ4n) is 4.84. The summed E-state index contributed by atoms with van der Waals surface area (Å²) in [6, 6.07) is 26.5. The van der Waals surface area contributed by atoms with E-state index >= 15 is 0 Å². The Morgan fingerprint density at radius 1 is 0.756 bits per heavy atom. The van der Waals surface area contributed by atoms with E-state index in [4.69, 9.17) is 4.74 Å². The molecule has 5 rings (SSSR count). The van der Waals surface area contributed by atoms with Gasteiger partial charge in [-0.05, 0) is 55.5 Å². The zero-order valence-electron chi connectivity index (χ0n) is 23.2. The highest BCUT2D eigenvalue weighted by atomic mass is 16.5. The zero-order valence-corrected chi connectivity index (χ0v) is 23.2. The minimum absolute atomic E-state index is 0.521. The van der Waals surface area contributed by atoms with Crippen LogP contribution < -0.4 is 15.4 Å². The lowest BCUT2D eigenvalue weighted by molar-refractivity contribution is -0.118. The number of carbonyl (C=O) groups is 1. The topological polar surface area (TPSA) is 92.3 Å². The fourth-order valence-corrected chi connectivity index (χ4v) is 4.84. The van der Waals surface area contributed by atoms with Crippen molar-refractivity contribution >= 4 is 39.7 Å². The average Bonchev–Trinajstić information content (AvgIpc) is 3.02. The van der Waals surface area contributed by atoms with Crippen LogP contribution in [-0.2, 0) is 11.2 Å². The number of carbonyl (C=O) groups excluding carboxylic acids is 1. The van der Waals surface area contributed by atoms with Crippen LogP contribution in [0.4, 0.5) is 11.5 Å². The van der Waals surface area contributed by atoms with Crippen LogP contribution in [-0.4, -0.2) is 59.0 Å². The molecule has 5 aromatic rings. The summed E-state index contributed by atoms with van der Waals surface area (Å²) in [7, 11) is 0. The standard InChI is InChI=1S/C33H36N6O2/c40-25-39(20-7-18-34-31-16-19-35-30-13-5-4-12-28(30)31)21-8-22-41-27-14-15-29-32(23-27)37-24-38-33(29)36-17-6-11-26-9-2-1-3-10-26/h1-5,9-10,12-16,19,23-25H,6-8,11,17-18,20-22H2,(H,34,35)(H,36,37,38). The number of rotatable bonds is 16. The molecule has 0 saturated heterocycles. The molecule has 0 atom stereocenters. The molecule has 0 spiro atoms. The Hall–Kier alpha value is -4.72. The van der Waals surface area contributed by atoms with Crippen molar-refractivity contribution in [2.45, 2.75) is 25.7 Å². The van der Waals surface area contributed by atoms with Crippen LogP contribution in [0.3, 0.4) is 0 Å². The summed E-state index contributed by atoms with van der Waals surface area (Å²) in [6.45, 7) is 3.47. The van der Waals surface area contributed by atoms with Crippen LogP contribution >= 0.6 is 0 Å². The number of aromatic nitrogens is 3. The van der Waals surface area contributed by atoms with E-state index in [1.54, 1.807) is 11.2 Å². The van der Waals surface area contributed by atoms with Gasteiger partial charge in [-0.3, -0.25) is 9.78 Å². The summed E-state index contributed by atoms with van der Waals surface area (Å²) in [5, 5.41) is 9.00. The van der Waals surface area contributed by atoms with Gasteiger partial charge in [0.15, 0.2) is 0 Å². The van der Waals surface area contributed by atoms with E-state index in [2.05, 4.69) is 55.9 Å². The summed E-state index contributed by atoms with van der Waals surface area (Å²) in [4.78, 5) is 26.7. The maximum absolute atomic E-state index is 11.6. The predicted molar refractivity (Wildman–Crippen MR) is 165 cm³/mol. The van der Waals surface area contributed by atoms with Crippen molar-refractivity contribution in [1.82, 2.24) is 19.9 Å². The first kappa shape index (κ1) is 27.8. The molecule has 8 heteroatoms. The van der Waals surface area contributed by atoms with Gasteiger partial charge in [0.05, 0.1) is 17.6 Å². The summed E-state index contributed by atoms with van der Waals surface area (Å²) >= 11 is 0. The van der Waals surface area contributed by atoms with Gasteiger partial charge in [0.2, 0.25) is 6.41 Å². The van der Waals surface area contributed by atoms with Crippen molar-refractivity contribution in [3.05, 3.63) is 97.0 Å². The molecular formula is C33H36N6O2. The number of para-hydroxylation sites is 1. The summed E-state index contributed by atoms with van der Waals surface area (Å²) in [5.74, 6) is 1.60. The van der Waals surface area contributed by atoms with Gasteiger partial charge < -0.3 is 20.3 Å². The number of hydrogen-bond donors (Lipinski definition) is 2. The van der Waals surface area contributed by atoms with Crippen molar-refractivity contribution in [1.29, 1.82) is 0 Å². The third kappa shape index (κ3) is 7.91. The molecule has 8 nitrogen and oxygen atoms in total. The molecule has 210 valence electrons. The molecule has 0 aliphatic carbocycles. The SMILES string of the molecule is O=CN(CCCNc1ccnc2ccccc12)CCCOc1ccc2c(NCCCc3ccccc3)ncnc2c1. The van der Waals surface area contributed by atoms with Crippen molar-refractivity contribution < 1.29 is 9.53 Å². The van der Waals surface area contributed by atoms with Gasteiger partial charge in [-0.2, -0.15) is 0 Å². The van der Waals surface area contributed by atoms with Crippen molar-refractivity contribution in [3.63, 3.8) is 0 Å². The number of nitrogens with zero attached hydrogens (tertiary/aromatic N) is 4. The average molecular weight is 549 g/mol. The molecule has 2 heterocycles. The number of benzene rings is 3. The van der Waals surface area contributed by atoms with E-state index < -0.39 is 0 Å². The maximum atomic E-state index is 11.6. The van der Waals surface area contributed by atoms with Gasteiger partial charge >= 0.3 is 0 Å². The van der Waals surface area contributed by atoms with Crippen molar-refractivity contribution in [2.75, 3.05) is 43.4 Å². The Bertz CT molecular complexity index is 1540. The minimum atomic E-state index is 0.521. The molecule has 41 heavy (non-hydrogen) atoms. The number of fused-ring (bicyclic) bond motifs is 2. The quantitative estimate of drug-likeness (QED) is 0.116. The molecule has 1 amide bonds. The number of aryl methyl sites for hydroxylation is 1. The molecule has 0 fully saturated rings. The first-order chi connectivity index (χ1) is 20.3. The summed E-state index contributed by atoms with van der Waals surface area (Å²) < 4.78 is 5.98. The number of nitrogens with one attached hydrogen (secondary N) is 2. The Balaban J connectivity index is 1.02. The van der Waals surface area contributed by atoms with Gasteiger partial charge in [-0.15, -0.1) is 0 Å². The highest BCUT2D eigenvalue weighted by Gasteiger charge is 2.07. The van der Waals surface area contributed by atoms with Gasteiger partial charge in [-0.25, -0.2) is 9.97 Å². The van der Waals surface area contributed by atoms with Gasteiger partial charge in [-0.1, -0.05) is 48.5 Å². The highest BCUT2D eigenvalue weighted by Crippen LogP contribution is 2.24. The molecule has 0 radical (unpaired) electrons. The number of ether oxygens (including phenoxy) is 1. The Morgan fingerprint density at radius 3 is 2.49 bits per heavy atom. The molecule has 2 aromatic heterocycles. The monoisotopic (exact) mass is 548 g/mol. The van der Waals surface area contributed by atoms with Crippen LogP contribution in [0.2, 0.25) is 0 Å². The third-order valence-electron chi connectivity index (χ3n) is 6.98. The van der Waals surface area contributed by atoms with E-state index in [-0.39, 0.29) is 0 Å². The molecule has 0 saturated carbocycles. The first-order valence-corrected chi connectivity index (χ1v) is 14.2. The Morgan fingerprint density at radius 2 is 1.59 bits per heavy atom. The number of pyridine rings is 1. The number of anilines is 2. The lowest BCUT2D eigenvalue weighted by Gasteiger charge is -2.18. The minimum Gasteiger partial charge on any atom is -0.493 e. The second-order valence-electron chi connectivity index (χ2n) is 9.92. The molecular weight excluding hydrogens is 512 g/mol. The normalized spacial score (nSPS) is 10.9. The first-order valence-electron chi connectivity index (χ1n) is 14.2. The number of hydrogen-bond acceptors (Lipinski definition) is 7. The molecule has 0 bridgehead atoms. The molecule has 0 unspecified atom stereocenters. The van der Waals surface area contributed by atoms with Crippen molar-refractivity contribution in [3.8, 4) is 5.75 Å². The second-order valence-corrected chi connectivity index (χ2v) is 9.92. The van der Waals surface area contributed by atoms with Gasteiger partial charge in [0, 0.05) is 54.9 Å². The third-order valence-corrected chi connectivity index (χ3v) is 6.98. The Labute approximate surface area is 240 Å². The maximum Gasteiger partial charge on any atom is 0.209 e. The molecule has 0 aliphatic heterocycles. The smallest absolute Gasteiger partial charge is 0.209 e. The van der Waals surface area contributed by atoms with Crippen LogP contribution in [0.25, 0.3) is 21.8 Å². The zero-order chi connectivity index (χ0) is 28.1. The second kappa shape index (κ2) is 14.6. The number of amides is 1. The van der Waals surface area contributed by atoms with E-state index in [1.165, 1.54) is 5.56 Å². The largest absolute Gasteiger partial charge is 0.493 e. The van der Waals surface area contributed by atoms with Crippen LogP contribution in [0.15, 0.2) is 91.4 Å². The van der Waals surface area contributed by atoms with E-state index in [9.17, 15) is 4.79 Å². The van der Waals surface area contributed by atoms with E-state index in [0.29, 0.717) is 19.7 Å². The summed E-state index contributed by atoms with van der Waals surface area (Å²) in [5.41, 5.74) is 4.21. The lowest BCUT2D eigenvalue weighted by atomic mass is 10.1. The van der Waals surface area contributed by atoms with E-state index in [0.717, 1.165) is 84.2 Å². The van der Waals surface area contributed by atoms with Gasteiger partial charge in [0.1, 0.15) is 17.9 Å². The van der Waals surface area contributed by atoms with Crippen LogP contribution in [0.1, 0.15) is 24.8 Å². The lowest BCUT2D eigenvalue weighted by Crippen LogP contribution is -2.26. The Kier molecular flexibility index (Phi) is 9.91. The van der Waals surface area contributed by atoms with E-state index in [1.807, 2.05) is 54.7 Å². The van der Waals surface area contributed by atoms with Gasteiger partial charge in [0.25, 0.3) is 0 Å². The summed E-state index contributed by atoms with van der Waals surface area (Å²) in [6.07, 6.45) is 7.96. The van der Waals surface area contributed by atoms with Crippen LogP contribution in [0.5, 0.6) is 5.75 Å². The fraction of sp³-hybridized carbons (Fsp3) is 0.273.